The molecule has 0 radical (unpaired) electrons. The monoisotopic (exact) mass is 272 g/mol. The van der Waals surface area contributed by atoms with Crippen LogP contribution in [0.25, 0.3) is 0 Å². The van der Waals surface area contributed by atoms with Gasteiger partial charge in [-0.1, -0.05) is 18.3 Å². The lowest BCUT2D eigenvalue weighted by molar-refractivity contribution is -0.380. The van der Waals surface area contributed by atoms with E-state index in [1.165, 1.54) is 12.1 Å². The molecule has 0 bridgehead atoms. The van der Waals surface area contributed by atoms with Crippen LogP contribution in [-0.4, -0.2) is 28.5 Å². The van der Waals surface area contributed by atoms with Crippen molar-refractivity contribution in [2.24, 2.45) is 5.92 Å². The van der Waals surface area contributed by atoms with E-state index in [-0.39, 0.29) is 28.8 Å². The van der Waals surface area contributed by atoms with E-state index >= 15 is 0 Å². The van der Waals surface area contributed by atoms with Crippen LogP contribution in [0.15, 0.2) is 12.1 Å². The molecule has 2 N–H and O–H groups in total. The van der Waals surface area contributed by atoms with Crippen molar-refractivity contribution in [2.75, 3.05) is 6.54 Å². The molecule has 7 nitrogen and oxygen atoms in total. The zero-order chi connectivity index (χ0) is 13.7. The molecule has 1 aromatic rings. The highest BCUT2D eigenvalue weighted by atomic mass is 32.1. The van der Waals surface area contributed by atoms with Crippen molar-refractivity contribution < 1.29 is 19.6 Å². The minimum absolute atomic E-state index is 0.0368. The van der Waals surface area contributed by atoms with E-state index in [9.17, 15) is 19.7 Å². The molecule has 1 atom stereocenters. The molecule has 18 heavy (non-hydrogen) atoms. The fraction of sp³-hybridized carbons (Fsp3) is 0.400. The summed E-state index contributed by atoms with van der Waals surface area (Å²) in [4.78, 5) is 32.1. The van der Waals surface area contributed by atoms with Crippen LogP contribution in [0.1, 0.15) is 23.0 Å². The Morgan fingerprint density at radius 2 is 2.22 bits per heavy atom. The molecule has 1 amide bonds. The normalized spacial score (nSPS) is 11.8. The first-order chi connectivity index (χ1) is 8.40. The maximum absolute atomic E-state index is 11.6. The van der Waals surface area contributed by atoms with Crippen molar-refractivity contribution in [3.63, 3.8) is 0 Å². The molecular weight excluding hydrogens is 260 g/mol. The van der Waals surface area contributed by atoms with Gasteiger partial charge in [-0.25, -0.2) is 0 Å². The minimum atomic E-state index is -0.927. The van der Waals surface area contributed by atoms with Gasteiger partial charge in [0.1, 0.15) is 0 Å². The molecule has 8 heteroatoms. The number of carbonyl (C=O) groups is 2. The number of carboxylic acid groups (broad SMARTS) is 1. The number of nitrogens with one attached hydrogen (secondary N) is 1. The number of aliphatic carboxylic acids is 1. The summed E-state index contributed by atoms with van der Waals surface area (Å²) >= 11 is 0.787. The van der Waals surface area contributed by atoms with Gasteiger partial charge in [0.05, 0.1) is 9.80 Å². The quantitative estimate of drug-likeness (QED) is 0.602. The highest BCUT2D eigenvalue weighted by molar-refractivity contribution is 7.17. The van der Waals surface area contributed by atoms with E-state index < -0.39 is 16.8 Å². The number of rotatable bonds is 6. The zero-order valence-corrected chi connectivity index (χ0v) is 10.4. The number of nitro groups is 1. The second-order valence-electron chi connectivity index (χ2n) is 3.81. The third-order valence-electron chi connectivity index (χ3n) is 2.13. The highest BCUT2D eigenvalue weighted by Gasteiger charge is 2.16. The van der Waals surface area contributed by atoms with Gasteiger partial charge < -0.3 is 10.4 Å². The number of nitrogens with zero attached hydrogens (tertiary/aromatic N) is 1. The summed E-state index contributed by atoms with van der Waals surface area (Å²) in [5.74, 6) is -1.55. The molecule has 1 heterocycles. The van der Waals surface area contributed by atoms with E-state index in [1.807, 2.05) is 0 Å². The summed E-state index contributed by atoms with van der Waals surface area (Å²) in [7, 11) is 0. The van der Waals surface area contributed by atoms with Crippen molar-refractivity contribution in [3.05, 3.63) is 27.1 Å². The smallest absolute Gasteiger partial charge is 0.324 e. The topological polar surface area (TPSA) is 110 Å². The SMILES string of the molecule is CC(CNC(=O)c1ccc([N+](=O)[O-])s1)CC(=O)O. The first-order valence-corrected chi connectivity index (χ1v) is 5.96. The summed E-state index contributed by atoms with van der Waals surface area (Å²) in [6.45, 7) is 1.92. The predicted molar refractivity (Wildman–Crippen MR) is 64.7 cm³/mol. The van der Waals surface area contributed by atoms with Gasteiger partial charge in [0, 0.05) is 19.0 Å². The molecule has 1 aromatic heterocycles. The largest absolute Gasteiger partial charge is 0.481 e. The standard InChI is InChI=1S/C10H12N2O5S/c1-6(4-9(13)14)5-11-10(15)7-2-3-8(18-7)12(16)17/h2-3,6H,4-5H2,1H3,(H,11,15)(H,13,14). The molecule has 0 fully saturated rings. The van der Waals surface area contributed by atoms with Gasteiger partial charge in [0.25, 0.3) is 5.91 Å². The second-order valence-corrected chi connectivity index (χ2v) is 4.87. The Hall–Kier alpha value is -1.96. The zero-order valence-electron chi connectivity index (χ0n) is 9.58. The third kappa shape index (κ3) is 4.13. The Labute approximate surface area is 107 Å². The summed E-state index contributed by atoms with van der Waals surface area (Å²) in [5, 5.41) is 21.4. The summed E-state index contributed by atoms with van der Waals surface area (Å²) < 4.78 is 0. The molecule has 98 valence electrons. The first-order valence-electron chi connectivity index (χ1n) is 5.14. The maximum Gasteiger partial charge on any atom is 0.324 e. The minimum Gasteiger partial charge on any atom is -0.481 e. The molecular formula is C10H12N2O5S. The summed E-state index contributed by atoms with van der Waals surface area (Å²) in [5.41, 5.74) is 0. The number of hydrogen-bond acceptors (Lipinski definition) is 5. The van der Waals surface area contributed by atoms with Crippen LogP contribution in [0.2, 0.25) is 0 Å². The van der Waals surface area contributed by atoms with Crippen molar-refractivity contribution >= 4 is 28.2 Å². The van der Waals surface area contributed by atoms with Gasteiger partial charge in [-0.2, -0.15) is 0 Å². The number of carboxylic acids is 1. The highest BCUT2D eigenvalue weighted by Crippen LogP contribution is 2.23. The van der Waals surface area contributed by atoms with Crippen LogP contribution in [0.4, 0.5) is 5.00 Å². The molecule has 0 aliphatic rings. The van der Waals surface area contributed by atoms with Crippen molar-refractivity contribution in [1.82, 2.24) is 5.32 Å². The van der Waals surface area contributed by atoms with E-state index in [0.717, 1.165) is 11.3 Å². The Bertz CT molecular complexity index is 471. The van der Waals surface area contributed by atoms with Gasteiger partial charge in [0.2, 0.25) is 0 Å². The lowest BCUT2D eigenvalue weighted by Crippen LogP contribution is -2.28. The molecule has 0 spiro atoms. The van der Waals surface area contributed by atoms with E-state index in [0.29, 0.717) is 0 Å². The van der Waals surface area contributed by atoms with Gasteiger partial charge >= 0.3 is 11.0 Å². The first kappa shape index (κ1) is 14.1. The van der Waals surface area contributed by atoms with Gasteiger partial charge in [-0.15, -0.1) is 0 Å². The average Bonchev–Trinajstić information content (AvgIpc) is 2.74. The van der Waals surface area contributed by atoms with Crippen LogP contribution in [-0.2, 0) is 4.79 Å². The van der Waals surface area contributed by atoms with E-state index in [2.05, 4.69) is 5.32 Å². The lowest BCUT2D eigenvalue weighted by Gasteiger charge is -2.09. The Balaban J connectivity index is 2.49. The maximum atomic E-state index is 11.6. The van der Waals surface area contributed by atoms with E-state index in [4.69, 9.17) is 5.11 Å². The van der Waals surface area contributed by atoms with Crippen molar-refractivity contribution in [2.45, 2.75) is 13.3 Å². The molecule has 0 saturated carbocycles. The fourth-order valence-electron chi connectivity index (χ4n) is 1.27. The summed E-state index contributed by atoms with van der Waals surface area (Å²) in [6.07, 6.45) is -0.0368. The number of hydrogen-bond donors (Lipinski definition) is 2. The number of carbonyl (C=O) groups excluding carboxylic acids is 1. The second kappa shape index (κ2) is 6.10. The molecule has 0 saturated heterocycles. The van der Waals surface area contributed by atoms with Gasteiger partial charge in [0.15, 0.2) is 0 Å². The summed E-state index contributed by atoms with van der Waals surface area (Å²) in [6, 6.07) is 2.64. The number of amides is 1. The fourth-order valence-corrected chi connectivity index (χ4v) is 2.01. The van der Waals surface area contributed by atoms with Crippen molar-refractivity contribution in [3.8, 4) is 0 Å². The average molecular weight is 272 g/mol. The number of thiophene rings is 1. The molecule has 1 rings (SSSR count). The van der Waals surface area contributed by atoms with Crippen LogP contribution >= 0.6 is 11.3 Å². The van der Waals surface area contributed by atoms with Crippen molar-refractivity contribution in [1.29, 1.82) is 0 Å². The molecule has 0 aromatic carbocycles. The van der Waals surface area contributed by atoms with Gasteiger partial charge in [-0.05, 0) is 12.0 Å². The lowest BCUT2D eigenvalue weighted by atomic mass is 10.1. The van der Waals surface area contributed by atoms with Crippen LogP contribution in [0.5, 0.6) is 0 Å². The van der Waals surface area contributed by atoms with Crippen LogP contribution in [0, 0.1) is 16.0 Å². The predicted octanol–water partition coefficient (Wildman–Crippen LogP) is 1.50. The third-order valence-corrected chi connectivity index (χ3v) is 3.17. The van der Waals surface area contributed by atoms with E-state index in [1.54, 1.807) is 6.92 Å². The Morgan fingerprint density at radius 1 is 1.56 bits per heavy atom. The molecule has 1 unspecified atom stereocenters. The van der Waals surface area contributed by atoms with Gasteiger partial charge in [-0.3, -0.25) is 19.7 Å². The van der Waals surface area contributed by atoms with Crippen LogP contribution in [0.3, 0.4) is 0 Å². The molecule has 0 aliphatic carbocycles. The Kier molecular flexibility index (Phi) is 4.78. The molecule has 0 aliphatic heterocycles. The van der Waals surface area contributed by atoms with Crippen LogP contribution < -0.4 is 5.32 Å². The Morgan fingerprint density at radius 3 is 2.72 bits per heavy atom.